The molecule has 4 heteroatoms. The van der Waals surface area contributed by atoms with Crippen molar-refractivity contribution in [3.05, 3.63) is 54.4 Å². The molecule has 0 saturated carbocycles. The Bertz CT molecular complexity index is 957. The zero-order valence-electron chi connectivity index (χ0n) is 17.6. The molecular weight excluding hydrogens is 356 g/mol. The molecule has 1 aromatic heterocycles. The molecule has 4 nitrogen and oxygen atoms in total. The third-order valence-corrected chi connectivity index (χ3v) is 6.80. The smallest absolute Gasteiger partial charge is 0.140 e. The molecular formula is C25H32N4. The van der Waals surface area contributed by atoms with E-state index in [1.165, 1.54) is 73.9 Å². The lowest BCUT2D eigenvalue weighted by atomic mass is 10.0. The van der Waals surface area contributed by atoms with E-state index in [1.54, 1.807) is 0 Å². The molecule has 0 spiro atoms. The van der Waals surface area contributed by atoms with E-state index in [1.807, 2.05) is 0 Å². The van der Waals surface area contributed by atoms with Crippen LogP contribution in [-0.4, -0.2) is 51.6 Å². The first-order chi connectivity index (χ1) is 14.3. The van der Waals surface area contributed by atoms with Crippen LogP contribution in [0.15, 0.2) is 48.7 Å². The summed E-state index contributed by atoms with van der Waals surface area (Å²) >= 11 is 0. The van der Waals surface area contributed by atoms with Crippen LogP contribution < -0.4 is 0 Å². The fourth-order valence-corrected chi connectivity index (χ4v) is 5.20. The molecule has 3 heterocycles. The molecule has 3 aromatic rings. The van der Waals surface area contributed by atoms with Crippen LogP contribution in [0.1, 0.15) is 38.3 Å². The Morgan fingerprint density at radius 3 is 2.48 bits per heavy atom. The predicted octanol–water partition coefficient (Wildman–Crippen LogP) is 4.78. The van der Waals surface area contributed by atoms with Crippen LogP contribution in [0.4, 0.5) is 0 Å². The molecule has 0 amide bonds. The topological polar surface area (TPSA) is 24.3 Å². The third kappa shape index (κ3) is 3.84. The van der Waals surface area contributed by atoms with Gasteiger partial charge in [-0.05, 0) is 56.5 Å². The number of piperidine rings is 1. The normalized spacial score (nSPS) is 19.3. The van der Waals surface area contributed by atoms with Gasteiger partial charge in [-0.3, -0.25) is 4.90 Å². The SMILES string of the molecule is CCn1cc(CN2CCC(N3CCCC3)CC2)nc1-c1cccc2ccccc12. The zero-order valence-corrected chi connectivity index (χ0v) is 17.6. The van der Waals surface area contributed by atoms with Gasteiger partial charge in [-0.25, -0.2) is 4.98 Å². The number of hydrogen-bond donors (Lipinski definition) is 0. The molecule has 2 aromatic carbocycles. The summed E-state index contributed by atoms with van der Waals surface area (Å²) < 4.78 is 2.31. The van der Waals surface area contributed by atoms with E-state index in [0.717, 1.165) is 25.0 Å². The number of benzene rings is 2. The molecule has 0 N–H and O–H groups in total. The molecule has 0 radical (unpaired) electrons. The summed E-state index contributed by atoms with van der Waals surface area (Å²) in [6.45, 7) is 9.16. The number of rotatable bonds is 5. The lowest BCUT2D eigenvalue weighted by molar-refractivity contribution is 0.122. The van der Waals surface area contributed by atoms with Crippen molar-refractivity contribution >= 4 is 10.8 Å². The molecule has 0 aliphatic carbocycles. The highest BCUT2D eigenvalue weighted by Gasteiger charge is 2.26. The monoisotopic (exact) mass is 388 g/mol. The summed E-state index contributed by atoms with van der Waals surface area (Å²) in [6, 6.07) is 16.0. The Morgan fingerprint density at radius 1 is 0.931 bits per heavy atom. The van der Waals surface area contributed by atoms with Crippen molar-refractivity contribution < 1.29 is 0 Å². The summed E-state index contributed by atoms with van der Waals surface area (Å²) in [7, 11) is 0. The summed E-state index contributed by atoms with van der Waals surface area (Å²) in [5, 5.41) is 2.56. The van der Waals surface area contributed by atoms with Gasteiger partial charge in [0.15, 0.2) is 0 Å². The molecule has 0 unspecified atom stereocenters. The van der Waals surface area contributed by atoms with Crippen LogP contribution in [0.2, 0.25) is 0 Å². The lowest BCUT2D eigenvalue weighted by Crippen LogP contribution is -2.43. The van der Waals surface area contributed by atoms with Gasteiger partial charge in [0, 0.05) is 44.0 Å². The minimum absolute atomic E-state index is 0.813. The highest BCUT2D eigenvalue weighted by atomic mass is 15.2. The van der Waals surface area contributed by atoms with Crippen molar-refractivity contribution in [2.75, 3.05) is 26.2 Å². The minimum atomic E-state index is 0.813. The molecule has 2 aliphatic rings. The van der Waals surface area contributed by atoms with E-state index in [9.17, 15) is 0 Å². The Balaban J connectivity index is 1.33. The number of imidazole rings is 1. The minimum Gasteiger partial charge on any atom is -0.331 e. The van der Waals surface area contributed by atoms with Crippen molar-refractivity contribution in [2.24, 2.45) is 0 Å². The van der Waals surface area contributed by atoms with Gasteiger partial charge in [0.1, 0.15) is 5.82 Å². The Morgan fingerprint density at radius 2 is 1.69 bits per heavy atom. The summed E-state index contributed by atoms with van der Waals surface area (Å²) in [6.07, 6.45) is 7.68. The second-order valence-electron chi connectivity index (χ2n) is 8.62. The molecule has 2 saturated heterocycles. The largest absolute Gasteiger partial charge is 0.331 e. The van der Waals surface area contributed by atoms with Gasteiger partial charge in [-0.1, -0.05) is 42.5 Å². The predicted molar refractivity (Wildman–Crippen MR) is 120 cm³/mol. The maximum absolute atomic E-state index is 5.10. The maximum Gasteiger partial charge on any atom is 0.140 e. The van der Waals surface area contributed by atoms with Crippen molar-refractivity contribution in [3.8, 4) is 11.4 Å². The zero-order chi connectivity index (χ0) is 19.6. The van der Waals surface area contributed by atoms with Crippen molar-refractivity contribution in [1.82, 2.24) is 19.4 Å². The highest BCUT2D eigenvalue weighted by molar-refractivity contribution is 5.95. The average molecular weight is 389 g/mol. The van der Waals surface area contributed by atoms with Gasteiger partial charge in [0.25, 0.3) is 0 Å². The number of nitrogens with zero attached hydrogens (tertiary/aromatic N) is 4. The van der Waals surface area contributed by atoms with Gasteiger partial charge < -0.3 is 9.47 Å². The second kappa shape index (κ2) is 8.29. The first-order valence-electron chi connectivity index (χ1n) is 11.3. The number of likely N-dealkylation sites (tertiary alicyclic amines) is 2. The van der Waals surface area contributed by atoms with E-state index in [0.29, 0.717) is 0 Å². The van der Waals surface area contributed by atoms with Gasteiger partial charge in [-0.15, -0.1) is 0 Å². The molecule has 2 aliphatic heterocycles. The van der Waals surface area contributed by atoms with Gasteiger partial charge in [-0.2, -0.15) is 0 Å². The summed E-state index contributed by atoms with van der Waals surface area (Å²) in [4.78, 5) is 10.4. The van der Waals surface area contributed by atoms with Gasteiger partial charge in [0.05, 0.1) is 5.69 Å². The second-order valence-corrected chi connectivity index (χ2v) is 8.62. The maximum atomic E-state index is 5.10. The van der Waals surface area contributed by atoms with Crippen molar-refractivity contribution in [2.45, 2.75) is 51.7 Å². The van der Waals surface area contributed by atoms with E-state index in [4.69, 9.17) is 4.98 Å². The van der Waals surface area contributed by atoms with E-state index in [-0.39, 0.29) is 0 Å². The standard InChI is InChI=1S/C25H32N4/c1-2-28-19-21(18-27-16-12-22(13-17-27)29-14-5-6-15-29)26-25(28)24-11-7-9-20-8-3-4-10-23(20)24/h3-4,7-11,19,22H,2,5-6,12-18H2,1H3. The average Bonchev–Trinajstić information content (AvgIpc) is 3.44. The lowest BCUT2D eigenvalue weighted by Gasteiger charge is -2.36. The fraction of sp³-hybridized carbons (Fsp3) is 0.480. The number of aromatic nitrogens is 2. The molecule has 0 bridgehead atoms. The third-order valence-electron chi connectivity index (χ3n) is 6.80. The summed E-state index contributed by atoms with van der Waals surface area (Å²) in [5.41, 5.74) is 2.44. The van der Waals surface area contributed by atoms with Crippen molar-refractivity contribution in [1.29, 1.82) is 0 Å². The molecule has 2 fully saturated rings. The Labute approximate surface area is 174 Å². The number of fused-ring (bicyclic) bond motifs is 1. The van der Waals surface area contributed by atoms with Crippen LogP contribution in [0, 0.1) is 0 Å². The summed E-state index contributed by atoms with van der Waals surface area (Å²) in [5.74, 6) is 1.10. The van der Waals surface area contributed by atoms with Gasteiger partial charge in [0.2, 0.25) is 0 Å². The molecule has 29 heavy (non-hydrogen) atoms. The first kappa shape index (κ1) is 18.8. The molecule has 0 atom stereocenters. The van der Waals surface area contributed by atoms with Crippen LogP contribution in [0.25, 0.3) is 22.2 Å². The Kier molecular flexibility index (Phi) is 5.38. The molecule has 152 valence electrons. The highest BCUT2D eigenvalue weighted by Crippen LogP contribution is 2.29. The van der Waals surface area contributed by atoms with Gasteiger partial charge >= 0.3 is 0 Å². The first-order valence-corrected chi connectivity index (χ1v) is 11.3. The van der Waals surface area contributed by atoms with E-state index >= 15 is 0 Å². The van der Waals surface area contributed by atoms with Crippen molar-refractivity contribution in [3.63, 3.8) is 0 Å². The van der Waals surface area contributed by atoms with Crippen LogP contribution in [0.3, 0.4) is 0 Å². The van der Waals surface area contributed by atoms with E-state index in [2.05, 4.69) is 70.0 Å². The quantitative estimate of drug-likeness (QED) is 0.628. The van der Waals surface area contributed by atoms with Crippen LogP contribution >= 0.6 is 0 Å². The number of hydrogen-bond acceptors (Lipinski definition) is 3. The number of aryl methyl sites for hydroxylation is 1. The van der Waals surface area contributed by atoms with Crippen LogP contribution in [-0.2, 0) is 13.1 Å². The van der Waals surface area contributed by atoms with Crippen LogP contribution in [0.5, 0.6) is 0 Å². The fourth-order valence-electron chi connectivity index (χ4n) is 5.20. The Hall–Kier alpha value is -2.17. The van der Waals surface area contributed by atoms with E-state index < -0.39 is 0 Å². The molecule has 5 rings (SSSR count).